The Labute approximate surface area is 95.0 Å². The summed E-state index contributed by atoms with van der Waals surface area (Å²) in [4.78, 5) is 0. The summed E-state index contributed by atoms with van der Waals surface area (Å²) >= 11 is 0. The van der Waals surface area contributed by atoms with Gasteiger partial charge in [0.2, 0.25) is 0 Å². The molecule has 90 valence electrons. The van der Waals surface area contributed by atoms with Crippen molar-refractivity contribution >= 4 is 0 Å². The molecule has 1 atom stereocenters. The minimum absolute atomic E-state index is 0.276. The average molecular weight is 212 g/mol. The fraction of sp³-hybridized carbons (Fsp3) is 1.00. The van der Waals surface area contributed by atoms with Crippen molar-refractivity contribution in [1.82, 2.24) is 5.43 Å². The fourth-order valence-corrected chi connectivity index (χ4v) is 3.02. The molecule has 0 heterocycles. The lowest BCUT2D eigenvalue weighted by molar-refractivity contribution is 0.138. The first-order chi connectivity index (χ1) is 6.99. The highest BCUT2D eigenvalue weighted by atomic mass is 15.2. The van der Waals surface area contributed by atoms with E-state index in [4.69, 9.17) is 5.84 Å². The largest absolute Gasteiger partial charge is 0.271 e. The summed E-state index contributed by atoms with van der Waals surface area (Å²) in [5.41, 5.74) is 3.32. The molecule has 1 aliphatic rings. The van der Waals surface area contributed by atoms with Crippen molar-refractivity contribution < 1.29 is 0 Å². The zero-order valence-electron chi connectivity index (χ0n) is 10.8. The Morgan fingerprint density at radius 1 is 1.20 bits per heavy atom. The van der Waals surface area contributed by atoms with Crippen LogP contribution in [0.4, 0.5) is 0 Å². The summed E-state index contributed by atoms with van der Waals surface area (Å²) in [6.07, 6.45) is 6.85. The van der Waals surface area contributed by atoms with Crippen LogP contribution in [0.1, 0.15) is 59.8 Å². The molecule has 3 N–H and O–H groups in total. The molecule has 15 heavy (non-hydrogen) atoms. The van der Waals surface area contributed by atoms with Gasteiger partial charge in [-0.2, -0.15) is 0 Å². The average Bonchev–Trinajstić information content (AvgIpc) is 2.18. The van der Waals surface area contributed by atoms with Crippen LogP contribution in [0.2, 0.25) is 0 Å². The minimum Gasteiger partial charge on any atom is -0.271 e. The molecule has 0 saturated heterocycles. The van der Waals surface area contributed by atoms with Crippen molar-refractivity contribution in [3.63, 3.8) is 0 Å². The molecule has 0 aromatic rings. The molecule has 0 spiro atoms. The van der Waals surface area contributed by atoms with Crippen molar-refractivity contribution in [3.05, 3.63) is 0 Å². The Hall–Kier alpha value is -0.0800. The maximum atomic E-state index is 5.71. The van der Waals surface area contributed by atoms with Crippen LogP contribution in [0, 0.1) is 17.3 Å². The van der Waals surface area contributed by atoms with E-state index in [1.54, 1.807) is 0 Å². The van der Waals surface area contributed by atoms with Crippen LogP contribution >= 0.6 is 0 Å². The van der Waals surface area contributed by atoms with Gasteiger partial charge in [-0.1, -0.05) is 47.0 Å². The maximum absolute atomic E-state index is 5.71. The van der Waals surface area contributed by atoms with Gasteiger partial charge in [0, 0.05) is 6.04 Å². The molecule has 1 fully saturated rings. The monoisotopic (exact) mass is 212 g/mol. The van der Waals surface area contributed by atoms with E-state index >= 15 is 0 Å². The first-order valence-corrected chi connectivity index (χ1v) is 6.45. The Morgan fingerprint density at radius 2 is 1.73 bits per heavy atom. The third-order valence-corrected chi connectivity index (χ3v) is 4.05. The van der Waals surface area contributed by atoms with E-state index in [9.17, 15) is 0 Å². The molecule has 2 nitrogen and oxygen atoms in total. The van der Waals surface area contributed by atoms with Crippen LogP contribution in [-0.4, -0.2) is 6.04 Å². The molecule has 2 heteroatoms. The number of nitrogens with one attached hydrogen (secondary N) is 1. The zero-order valence-corrected chi connectivity index (χ0v) is 10.8. The highest BCUT2D eigenvalue weighted by Crippen LogP contribution is 2.37. The molecular weight excluding hydrogens is 184 g/mol. The van der Waals surface area contributed by atoms with Crippen molar-refractivity contribution in [2.45, 2.75) is 65.8 Å². The number of rotatable bonds is 3. The summed E-state index contributed by atoms with van der Waals surface area (Å²) in [7, 11) is 0. The van der Waals surface area contributed by atoms with Gasteiger partial charge in [0.25, 0.3) is 0 Å². The molecule has 1 unspecified atom stereocenters. The summed E-state index contributed by atoms with van der Waals surface area (Å²) < 4.78 is 0. The Balaban J connectivity index is 2.50. The molecular formula is C13H28N2. The van der Waals surface area contributed by atoms with Gasteiger partial charge in [0.15, 0.2) is 0 Å². The van der Waals surface area contributed by atoms with Crippen molar-refractivity contribution in [1.29, 1.82) is 0 Å². The summed E-state index contributed by atoms with van der Waals surface area (Å²) in [6, 6.07) is 0.468. The van der Waals surface area contributed by atoms with E-state index in [-0.39, 0.29) is 5.41 Å². The van der Waals surface area contributed by atoms with Crippen LogP contribution in [0.25, 0.3) is 0 Å². The Bertz CT molecular complexity index is 175. The zero-order chi connectivity index (χ0) is 11.5. The van der Waals surface area contributed by atoms with E-state index in [1.807, 2.05) is 0 Å². The van der Waals surface area contributed by atoms with Gasteiger partial charge in [-0.05, 0) is 30.1 Å². The van der Waals surface area contributed by atoms with Gasteiger partial charge in [0.1, 0.15) is 0 Å². The Kier molecular flexibility index (Phi) is 4.60. The highest BCUT2D eigenvalue weighted by molar-refractivity contribution is 4.87. The second-order valence-electron chi connectivity index (χ2n) is 6.20. The van der Waals surface area contributed by atoms with Crippen molar-refractivity contribution in [2.75, 3.05) is 0 Å². The molecule has 1 aliphatic carbocycles. The predicted octanol–water partition coefficient (Wildman–Crippen LogP) is 3.08. The topological polar surface area (TPSA) is 38.0 Å². The van der Waals surface area contributed by atoms with E-state index < -0.39 is 0 Å². The van der Waals surface area contributed by atoms with Gasteiger partial charge in [-0.15, -0.1) is 0 Å². The summed E-state index contributed by atoms with van der Waals surface area (Å²) in [6.45, 7) is 9.16. The highest BCUT2D eigenvalue weighted by Gasteiger charge is 2.33. The van der Waals surface area contributed by atoms with Crippen LogP contribution in [0.3, 0.4) is 0 Å². The van der Waals surface area contributed by atoms with Crippen LogP contribution in [-0.2, 0) is 0 Å². The minimum atomic E-state index is 0.276. The SMILES string of the molecule is CCC1CCC(C(NN)C(C)(C)C)CC1. The lowest BCUT2D eigenvalue weighted by Gasteiger charge is -2.40. The molecule has 0 aromatic carbocycles. The van der Waals surface area contributed by atoms with Gasteiger partial charge in [-0.25, -0.2) is 0 Å². The number of hydrogen-bond acceptors (Lipinski definition) is 2. The lowest BCUT2D eigenvalue weighted by atomic mass is 9.71. The van der Waals surface area contributed by atoms with Gasteiger partial charge >= 0.3 is 0 Å². The predicted molar refractivity (Wildman–Crippen MR) is 66.3 cm³/mol. The van der Waals surface area contributed by atoms with Gasteiger partial charge in [-0.3, -0.25) is 11.3 Å². The first-order valence-electron chi connectivity index (χ1n) is 6.45. The molecule has 1 saturated carbocycles. The third kappa shape index (κ3) is 3.46. The van der Waals surface area contributed by atoms with Crippen molar-refractivity contribution in [2.24, 2.45) is 23.1 Å². The third-order valence-electron chi connectivity index (χ3n) is 4.05. The summed E-state index contributed by atoms with van der Waals surface area (Å²) in [5.74, 6) is 7.45. The van der Waals surface area contributed by atoms with E-state index in [0.29, 0.717) is 6.04 Å². The fourth-order valence-electron chi connectivity index (χ4n) is 3.02. The molecule has 0 radical (unpaired) electrons. The Morgan fingerprint density at radius 3 is 2.07 bits per heavy atom. The van der Waals surface area contributed by atoms with E-state index in [1.165, 1.54) is 32.1 Å². The normalized spacial score (nSPS) is 30.2. The number of hydrogen-bond donors (Lipinski definition) is 2. The van der Waals surface area contributed by atoms with E-state index in [0.717, 1.165) is 11.8 Å². The number of hydrazine groups is 1. The van der Waals surface area contributed by atoms with E-state index in [2.05, 4.69) is 33.1 Å². The first kappa shape index (κ1) is 13.0. The molecule has 0 amide bonds. The number of nitrogens with two attached hydrogens (primary N) is 1. The molecule has 0 aromatic heterocycles. The van der Waals surface area contributed by atoms with Gasteiger partial charge < -0.3 is 0 Å². The second kappa shape index (κ2) is 5.31. The lowest BCUT2D eigenvalue weighted by Crippen LogP contribution is -2.50. The van der Waals surface area contributed by atoms with Crippen LogP contribution in [0.5, 0.6) is 0 Å². The standard InChI is InChI=1S/C13H28N2/c1-5-10-6-8-11(9-7-10)12(15-14)13(2,3)4/h10-12,15H,5-9,14H2,1-4H3. The molecule has 1 rings (SSSR count). The second-order valence-corrected chi connectivity index (χ2v) is 6.20. The molecule has 0 bridgehead atoms. The van der Waals surface area contributed by atoms with Crippen LogP contribution in [0.15, 0.2) is 0 Å². The molecule has 0 aliphatic heterocycles. The summed E-state index contributed by atoms with van der Waals surface area (Å²) in [5, 5.41) is 0. The van der Waals surface area contributed by atoms with Crippen LogP contribution < -0.4 is 11.3 Å². The van der Waals surface area contributed by atoms with Gasteiger partial charge in [0.05, 0.1) is 0 Å². The smallest absolute Gasteiger partial charge is 0.0287 e. The maximum Gasteiger partial charge on any atom is 0.0287 e. The quantitative estimate of drug-likeness (QED) is 0.557. The van der Waals surface area contributed by atoms with Crippen molar-refractivity contribution in [3.8, 4) is 0 Å².